The van der Waals surface area contributed by atoms with Gasteiger partial charge in [-0.2, -0.15) is 11.1 Å². The smallest absolute Gasteiger partial charge is 0.262 e. The van der Waals surface area contributed by atoms with Crippen LogP contribution in [-0.2, 0) is 4.79 Å². The van der Waals surface area contributed by atoms with Gasteiger partial charge in [0.1, 0.15) is 11.9 Å². The largest absolute Gasteiger partial charge is 0.484 e. The Hall–Kier alpha value is -1.97. The van der Waals surface area contributed by atoms with Crippen LogP contribution in [0.5, 0.6) is 5.75 Å². The molecule has 0 radical (unpaired) electrons. The Morgan fingerprint density at radius 2 is 1.91 bits per heavy atom. The predicted octanol–water partition coefficient (Wildman–Crippen LogP) is 1.58. The summed E-state index contributed by atoms with van der Waals surface area (Å²) in [6.07, 6.45) is -0.0789. The highest BCUT2D eigenvalue weighted by atomic mass is 79.9. The Balaban J connectivity index is 1.56. The van der Waals surface area contributed by atoms with E-state index < -0.39 is 0 Å². The molecule has 120 valence electrons. The highest BCUT2D eigenvalue weighted by molar-refractivity contribution is 9.10. The van der Waals surface area contributed by atoms with Gasteiger partial charge in [-0.1, -0.05) is 34.1 Å². The van der Waals surface area contributed by atoms with Crippen molar-refractivity contribution in [3.05, 3.63) is 58.6 Å². The first-order valence-electron chi connectivity index (χ1n) is 7.00. The van der Waals surface area contributed by atoms with Crippen LogP contribution in [-0.4, -0.2) is 12.5 Å². The number of hydrogen-bond acceptors (Lipinski definition) is 6. The van der Waals surface area contributed by atoms with Crippen LogP contribution in [0.3, 0.4) is 0 Å². The van der Waals surface area contributed by atoms with Crippen molar-refractivity contribution < 1.29 is 9.53 Å². The van der Waals surface area contributed by atoms with Gasteiger partial charge in [-0.15, -0.1) is 0 Å². The number of hydrazine groups is 3. The van der Waals surface area contributed by atoms with E-state index in [1.54, 1.807) is 6.07 Å². The van der Waals surface area contributed by atoms with Gasteiger partial charge in [0, 0.05) is 10.2 Å². The summed E-state index contributed by atoms with van der Waals surface area (Å²) < 4.78 is 6.37. The lowest BCUT2D eigenvalue weighted by Gasteiger charge is -2.12. The number of anilines is 1. The molecule has 1 aliphatic rings. The molecule has 2 aromatic carbocycles. The number of carbonyl (C=O) groups is 1. The molecule has 0 saturated carbocycles. The number of ether oxygens (including phenoxy) is 1. The van der Waals surface area contributed by atoms with E-state index in [1.807, 2.05) is 42.5 Å². The number of hydrogen-bond donors (Lipinski definition) is 5. The molecule has 3 rings (SSSR count). The van der Waals surface area contributed by atoms with Crippen molar-refractivity contribution in [1.82, 2.24) is 21.9 Å². The molecule has 1 fully saturated rings. The van der Waals surface area contributed by atoms with E-state index >= 15 is 0 Å². The molecular weight excluding hydrogens is 362 g/mol. The highest BCUT2D eigenvalue weighted by Gasteiger charge is 2.15. The molecule has 0 atom stereocenters. The van der Waals surface area contributed by atoms with E-state index in [0.717, 1.165) is 10.0 Å². The van der Waals surface area contributed by atoms with Crippen molar-refractivity contribution in [2.75, 3.05) is 11.9 Å². The van der Waals surface area contributed by atoms with Gasteiger partial charge in [-0.25, -0.2) is 10.9 Å². The monoisotopic (exact) mass is 377 g/mol. The number of amides is 1. The fraction of sp³-hybridized carbons (Fsp3) is 0.133. The third-order valence-corrected chi connectivity index (χ3v) is 3.66. The van der Waals surface area contributed by atoms with Crippen molar-refractivity contribution in [1.29, 1.82) is 0 Å². The minimum absolute atomic E-state index is 0.0519. The number of halogens is 1. The topological polar surface area (TPSA) is 86.5 Å². The van der Waals surface area contributed by atoms with Gasteiger partial charge in [0.2, 0.25) is 0 Å². The van der Waals surface area contributed by atoms with Crippen LogP contribution >= 0.6 is 15.9 Å². The maximum atomic E-state index is 12.0. The fourth-order valence-corrected chi connectivity index (χ4v) is 2.50. The van der Waals surface area contributed by atoms with Gasteiger partial charge >= 0.3 is 0 Å². The van der Waals surface area contributed by atoms with Crippen LogP contribution in [0.25, 0.3) is 0 Å². The van der Waals surface area contributed by atoms with E-state index in [2.05, 4.69) is 43.2 Å². The number of carbonyl (C=O) groups excluding carboxylic acids is 1. The van der Waals surface area contributed by atoms with Gasteiger partial charge in [0.15, 0.2) is 6.61 Å². The molecule has 1 heterocycles. The normalized spacial score (nSPS) is 14.7. The third-order valence-electron chi connectivity index (χ3n) is 3.17. The Morgan fingerprint density at radius 3 is 2.70 bits per heavy atom. The van der Waals surface area contributed by atoms with Crippen molar-refractivity contribution in [2.24, 2.45) is 0 Å². The van der Waals surface area contributed by atoms with Crippen molar-refractivity contribution in [3.63, 3.8) is 0 Å². The molecule has 7 nitrogen and oxygen atoms in total. The molecule has 2 aromatic rings. The van der Waals surface area contributed by atoms with Gasteiger partial charge < -0.3 is 10.1 Å². The SMILES string of the molecule is O=C(COc1cccc(Br)c1)Nc1cccc(C2NNNN2)c1. The van der Waals surface area contributed by atoms with E-state index in [0.29, 0.717) is 11.4 Å². The van der Waals surface area contributed by atoms with Crippen molar-refractivity contribution in [3.8, 4) is 5.75 Å². The Morgan fingerprint density at radius 1 is 1.13 bits per heavy atom. The van der Waals surface area contributed by atoms with E-state index in [9.17, 15) is 4.79 Å². The first-order chi connectivity index (χ1) is 11.2. The molecule has 8 heteroatoms. The molecule has 0 bridgehead atoms. The zero-order valence-corrected chi connectivity index (χ0v) is 13.7. The van der Waals surface area contributed by atoms with E-state index in [1.165, 1.54) is 0 Å². The standard InChI is InChI=1S/C15H16BrN5O2/c16-11-4-2-6-13(8-11)23-9-14(22)17-12-5-1-3-10(7-12)15-18-20-21-19-15/h1-8,15,18-21H,9H2,(H,17,22). The van der Waals surface area contributed by atoms with Crippen LogP contribution in [0.15, 0.2) is 53.0 Å². The molecule has 0 aromatic heterocycles. The summed E-state index contributed by atoms with van der Waals surface area (Å²) in [5.74, 6) is 0.422. The van der Waals surface area contributed by atoms with Crippen molar-refractivity contribution >= 4 is 27.5 Å². The summed E-state index contributed by atoms with van der Waals surface area (Å²) in [4.78, 5) is 12.0. The second-order valence-corrected chi connectivity index (χ2v) is 5.81. The lowest BCUT2D eigenvalue weighted by Crippen LogP contribution is -2.33. The zero-order chi connectivity index (χ0) is 16.1. The summed E-state index contributed by atoms with van der Waals surface area (Å²) in [6.45, 7) is -0.0519. The van der Waals surface area contributed by atoms with Crippen LogP contribution in [0.4, 0.5) is 5.69 Å². The Kier molecular flexibility index (Phi) is 5.21. The zero-order valence-electron chi connectivity index (χ0n) is 12.1. The van der Waals surface area contributed by atoms with Crippen molar-refractivity contribution in [2.45, 2.75) is 6.17 Å². The fourth-order valence-electron chi connectivity index (χ4n) is 2.12. The molecule has 23 heavy (non-hydrogen) atoms. The summed E-state index contributed by atoms with van der Waals surface area (Å²) in [7, 11) is 0. The third kappa shape index (κ3) is 4.50. The summed E-state index contributed by atoms with van der Waals surface area (Å²) in [5.41, 5.74) is 13.2. The summed E-state index contributed by atoms with van der Waals surface area (Å²) in [6, 6.07) is 14.9. The first kappa shape index (κ1) is 15.9. The van der Waals surface area contributed by atoms with Gasteiger partial charge in [0.25, 0.3) is 5.91 Å². The predicted molar refractivity (Wildman–Crippen MR) is 90.0 cm³/mol. The van der Waals surface area contributed by atoms with Crippen LogP contribution in [0, 0.1) is 0 Å². The summed E-state index contributed by atoms with van der Waals surface area (Å²) >= 11 is 3.36. The van der Waals surface area contributed by atoms with E-state index in [4.69, 9.17) is 4.74 Å². The average molecular weight is 378 g/mol. The Bertz CT molecular complexity index is 691. The van der Waals surface area contributed by atoms with Gasteiger partial charge in [0.05, 0.1) is 0 Å². The highest BCUT2D eigenvalue weighted by Crippen LogP contribution is 2.18. The lowest BCUT2D eigenvalue weighted by atomic mass is 10.1. The second kappa shape index (κ2) is 7.53. The number of nitrogens with one attached hydrogen (secondary N) is 5. The van der Waals surface area contributed by atoms with Gasteiger partial charge in [-0.05, 0) is 35.9 Å². The van der Waals surface area contributed by atoms with Crippen LogP contribution in [0.1, 0.15) is 11.7 Å². The average Bonchev–Trinajstić information content (AvgIpc) is 3.08. The molecule has 1 amide bonds. The van der Waals surface area contributed by atoms with Gasteiger partial charge in [-0.3, -0.25) is 4.79 Å². The molecule has 0 spiro atoms. The summed E-state index contributed by atoms with van der Waals surface area (Å²) in [5, 5.41) is 2.82. The molecule has 1 aliphatic heterocycles. The lowest BCUT2D eigenvalue weighted by molar-refractivity contribution is -0.118. The first-order valence-corrected chi connectivity index (χ1v) is 7.79. The quantitative estimate of drug-likeness (QED) is 0.543. The Labute approximate surface area is 141 Å². The molecule has 1 saturated heterocycles. The van der Waals surface area contributed by atoms with E-state index in [-0.39, 0.29) is 18.7 Å². The van der Waals surface area contributed by atoms with Crippen LogP contribution < -0.4 is 32.0 Å². The molecule has 0 aliphatic carbocycles. The minimum Gasteiger partial charge on any atom is -0.484 e. The maximum Gasteiger partial charge on any atom is 0.262 e. The maximum absolute atomic E-state index is 12.0. The number of rotatable bonds is 5. The van der Waals surface area contributed by atoms with Crippen LogP contribution in [0.2, 0.25) is 0 Å². The second-order valence-electron chi connectivity index (χ2n) is 4.89. The molecule has 5 N–H and O–H groups in total. The number of benzene rings is 2. The molecular formula is C15H16BrN5O2. The minimum atomic E-state index is -0.217. The molecule has 0 unspecified atom stereocenters.